The van der Waals surface area contributed by atoms with Gasteiger partial charge in [0.15, 0.2) is 0 Å². The highest BCUT2D eigenvalue weighted by Crippen LogP contribution is 2.31. The van der Waals surface area contributed by atoms with Crippen molar-refractivity contribution in [2.75, 3.05) is 24.2 Å². The number of hydrogen-bond donors (Lipinski definition) is 1. The van der Waals surface area contributed by atoms with E-state index in [2.05, 4.69) is 33.2 Å². The van der Waals surface area contributed by atoms with Crippen LogP contribution in [-0.2, 0) is 6.61 Å². The van der Waals surface area contributed by atoms with Crippen LogP contribution in [0.5, 0.6) is 0 Å². The van der Waals surface area contributed by atoms with Crippen LogP contribution in [0.25, 0.3) is 0 Å². The molecule has 17 heavy (non-hydrogen) atoms. The van der Waals surface area contributed by atoms with E-state index in [0.29, 0.717) is 0 Å². The fraction of sp³-hybridized carbons (Fsp3) is 0.538. The number of piperidine rings is 1. The SMILES string of the molecule is CSC1CCN(c2ccc(CO)cc2Br)CC1. The normalized spacial score (nSPS) is 17.5. The first-order chi connectivity index (χ1) is 8.24. The minimum absolute atomic E-state index is 0.105. The lowest BCUT2D eigenvalue weighted by atomic mass is 10.1. The second-order valence-corrected chi connectivity index (χ2v) is 6.36. The third-order valence-electron chi connectivity index (χ3n) is 3.31. The Balaban J connectivity index is 2.08. The van der Waals surface area contributed by atoms with Crippen molar-refractivity contribution < 1.29 is 5.11 Å². The lowest BCUT2D eigenvalue weighted by molar-refractivity contribution is 0.282. The van der Waals surface area contributed by atoms with Crippen LogP contribution in [0.4, 0.5) is 5.69 Å². The van der Waals surface area contributed by atoms with Gasteiger partial charge in [-0.1, -0.05) is 6.07 Å². The number of aliphatic hydroxyl groups is 1. The van der Waals surface area contributed by atoms with Gasteiger partial charge in [0.1, 0.15) is 0 Å². The molecule has 0 unspecified atom stereocenters. The highest BCUT2D eigenvalue weighted by molar-refractivity contribution is 9.10. The van der Waals surface area contributed by atoms with Crippen LogP contribution in [0.15, 0.2) is 22.7 Å². The number of benzene rings is 1. The van der Waals surface area contributed by atoms with E-state index in [-0.39, 0.29) is 6.61 Å². The molecule has 0 radical (unpaired) electrons. The molecule has 1 saturated heterocycles. The maximum atomic E-state index is 9.09. The maximum absolute atomic E-state index is 9.09. The smallest absolute Gasteiger partial charge is 0.0682 e. The molecule has 1 aromatic rings. The van der Waals surface area contributed by atoms with Gasteiger partial charge in [-0.05, 0) is 52.7 Å². The third-order valence-corrected chi connectivity index (χ3v) is 5.08. The summed E-state index contributed by atoms with van der Waals surface area (Å²) in [6, 6.07) is 6.12. The molecule has 1 heterocycles. The number of nitrogens with zero attached hydrogens (tertiary/aromatic N) is 1. The van der Waals surface area contributed by atoms with Crippen LogP contribution in [0.3, 0.4) is 0 Å². The van der Waals surface area contributed by atoms with Gasteiger partial charge >= 0.3 is 0 Å². The van der Waals surface area contributed by atoms with Crippen LogP contribution in [0.1, 0.15) is 18.4 Å². The van der Waals surface area contributed by atoms with E-state index < -0.39 is 0 Å². The van der Waals surface area contributed by atoms with Gasteiger partial charge in [0.2, 0.25) is 0 Å². The van der Waals surface area contributed by atoms with Crippen molar-refractivity contribution >= 4 is 33.4 Å². The molecule has 4 heteroatoms. The second-order valence-electron chi connectivity index (χ2n) is 4.37. The van der Waals surface area contributed by atoms with E-state index in [1.807, 2.05) is 23.9 Å². The van der Waals surface area contributed by atoms with Crippen LogP contribution >= 0.6 is 27.7 Å². The highest BCUT2D eigenvalue weighted by Gasteiger charge is 2.19. The minimum Gasteiger partial charge on any atom is -0.392 e. The van der Waals surface area contributed by atoms with Gasteiger partial charge in [-0.3, -0.25) is 0 Å². The zero-order valence-electron chi connectivity index (χ0n) is 10.0. The Morgan fingerprint density at radius 3 is 2.65 bits per heavy atom. The van der Waals surface area contributed by atoms with Gasteiger partial charge in [-0.25, -0.2) is 0 Å². The first kappa shape index (κ1) is 13.2. The summed E-state index contributed by atoms with van der Waals surface area (Å²) in [6.45, 7) is 2.36. The van der Waals surface area contributed by atoms with E-state index >= 15 is 0 Å². The van der Waals surface area contributed by atoms with Gasteiger partial charge in [-0.2, -0.15) is 11.8 Å². The van der Waals surface area contributed by atoms with Gasteiger partial charge in [0, 0.05) is 22.8 Å². The Labute approximate surface area is 116 Å². The molecular weight excluding hydrogens is 298 g/mol. The number of hydrogen-bond acceptors (Lipinski definition) is 3. The fourth-order valence-electron chi connectivity index (χ4n) is 2.24. The van der Waals surface area contributed by atoms with Crippen LogP contribution < -0.4 is 4.90 Å². The lowest BCUT2D eigenvalue weighted by Crippen LogP contribution is -2.34. The summed E-state index contributed by atoms with van der Waals surface area (Å²) in [5.74, 6) is 0. The van der Waals surface area contributed by atoms with Crippen molar-refractivity contribution in [1.82, 2.24) is 0 Å². The Morgan fingerprint density at radius 2 is 2.12 bits per heavy atom. The molecule has 1 aliphatic rings. The summed E-state index contributed by atoms with van der Waals surface area (Å²) in [5, 5.41) is 9.91. The van der Waals surface area contributed by atoms with Crippen molar-refractivity contribution in [1.29, 1.82) is 0 Å². The highest BCUT2D eigenvalue weighted by atomic mass is 79.9. The van der Waals surface area contributed by atoms with Gasteiger partial charge in [-0.15, -0.1) is 0 Å². The fourth-order valence-corrected chi connectivity index (χ4v) is 3.60. The van der Waals surface area contributed by atoms with Gasteiger partial charge in [0.05, 0.1) is 12.3 Å². The Bertz CT molecular complexity index is 378. The van der Waals surface area contributed by atoms with Crippen LogP contribution in [0, 0.1) is 0 Å². The molecule has 0 saturated carbocycles. The first-order valence-corrected chi connectivity index (χ1v) is 7.99. The number of halogens is 1. The molecular formula is C13H18BrNOS. The Morgan fingerprint density at radius 1 is 1.41 bits per heavy atom. The standard InChI is InChI=1S/C13H18BrNOS/c1-17-11-4-6-15(7-5-11)13-3-2-10(9-16)8-12(13)14/h2-3,8,11,16H,4-7,9H2,1H3. The quantitative estimate of drug-likeness (QED) is 0.926. The average molecular weight is 316 g/mol. The van der Waals surface area contributed by atoms with Crippen molar-refractivity contribution in [2.45, 2.75) is 24.7 Å². The van der Waals surface area contributed by atoms with Crippen molar-refractivity contribution in [3.63, 3.8) is 0 Å². The van der Waals surface area contributed by atoms with E-state index in [1.54, 1.807) is 0 Å². The molecule has 1 N–H and O–H groups in total. The molecule has 0 aromatic heterocycles. The second kappa shape index (κ2) is 6.12. The van der Waals surface area contributed by atoms with E-state index in [9.17, 15) is 0 Å². The molecule has 0 aliphatic carbocycles. The summed E-state index contributed by atoms with van der Waals surface area (Å²) >= 11 is 5.58. The number of rotatable bonds is 3. The van der Waals surface area contributed by atoms with E-state index in [0.717, 1.165) is 28.4 Å². The molecule has 1 aliphatic heterocycles. The molecule has 2 nitrogen and oxygen atoms in total. The molecule has 0 spiro atoms. The zero-order chi connectivity index (χ0) is 12.3. The summed E-state index contributed by atoms with van der Waals surface area (Å²) < 4.78 is 1.09. The minimum atomic E-state index is 0.105. The molecule has 1 aromatic carbocycles. The first-order valence-electron chi connectivity index (χ1n) is 5.91. The predicted octanol–water partition coefficient (Wildman–Crippen LogP) is 3.27. The number of aliphatic hydroxyl groups excluding tert-OH is 1. The topological polar surface area (TPSA) is 23.5 Å². The van der Waals surface area contributed by atoms with E-state index in [1.165, 1.54) is 18.5 Å². The van der Waals surface area contributed by atoms with Crippen LogP contribution in [0.2, 0.25) is 0 Å². The molecule has 0 bridgehead atoms. The molecule has 94 valence electrons. The largest absolute Gasteiger partial charge is 0.392 e. The van der Waals surface area contributed by atoms with Crippen molar-refractivity contribution in [3.05, 3.63) is 28.2 Å². The average Bonchev–Trinajstić information content (AvgIpc) is 2.39. The molecule has 0 atom stereocenters. The van der Waals surface area contributed by atoms with Crippen molar-refractivity contribution in [3.8, 4) is 0 Å². The third kappa shape index (κ3) is 3.18. The predicted molar refractivity (Wildman–Crippen MR) is 78.8 cm³/mol. The van der Waals surface area contributed by atoms with Crippen molar-refractivity contribution in [2.24, 2.45) is 0 Å². The summed E-state index contributed by atoms with van der Waals surface area (Å²) in [5.41, 5.74) is 2.21. The summed E-state index contributed by atoms with van der Waals surface area (Å²) in [4.78, 5) is 2.43. The summed E-state index contributed by atoms with van der Waals surface area (Å²) in [7, 11) is 0. The number of thioether (sulfide) groups is 1. The number of anilines is 1. The molecule has 1 fully saturated rings. The molecule has 2 rings (SSSR count). The zero-order valence-corrected chi connectivity index (χ0v) is 12.4. The maximum Gasteiger partial charge on any atom is 0.0682 e. The van der Waals surface area contributed by atoms with Gasteiger partial charge < -0.3 is 10.0 Å². The Kier molecular flexibility index (Phi) is 4.77. The monoisotopic (exact) mass is 315 g/mol. The van der Waals surface area contributed by atoms with Gasteiger partial charge in [0.25, 0.3) is 0 Å². The molecule has 0 amide bonds. The Hall–Kier alpha value is -0.190. The lowest BCUT2D eigenvalue weighted by Gasteiger charge is -2.33. The van der Waals surface area contributed by atoms with Crippen LogP contribution in [-0.4, -0.2) is 29.7 Å². The van der Waals surface area contributed by atoms with E-state index in [4.69, 9.17) is 5.11 Å². The summed E-state index contributed by atoms with van der Waals surface area (Å²) in [6.07, 6.45) is 4.72.